The van der Waals surface area contributed by atoms with Gasteiger partial charge in [-0.3, -0.25) is 14.4 Å². The van der Waals surface area contributed by atoms with Crippen LogP contribution in [0.2, 0.25) is 0 Å². The number of aryl methyl sites for hydroxylation is 3. The molecule has 12 aromatic rings. The van der Waals surface area contributed by atoms with Crippen LogP contribution in [0.4, 0.5) is 0 Å². The minimum Gasteiger partial charge on any atom is -0.361 e. The second kappa shape index (κ2) is 25.5. The zero-order valence-corrected chi connectivity index (χ0v) is 49.8. The number of nitrogens with one attached hydrogen (secondary N) is 1. The third-order valence-electron chi connectivity index (χ3n) is 15.4. The van der Waals surface area contributed by atoms with E-state index in [4.69, 9.17) is 19.2 Å². The maximum absolute atomic E-state index is 14.0. The van der Waals surface area contributed by atoms with Crippen LogP contribution in [0.25, 0.3) is 39.6 Å². The van der Waals surface area contributed by atoms with Crippen molar-refractivity contribution in [1.82, 2.24) is 74.5 Å². The Morgan fingerprint density at radius 2 is 1.23 bits per heavy atom. The lowest BCUT2D eigenvalue weighted by atomic mass is 10.0. The van der Waals surface area contributed by atoms with Crippen molar-refractivity contribution in [1.29, 1.82) is 0 Å². The zero-order chi connectivity index (χ0) is 62.4. The van der Waals surface area contributed by atoms with E-state index in [1.807, 2.05) is 162 Å². The van der Waals surface area contributed by atoms with Gasteiger partial charge in [0.1, 0.15) is 23.6 Å². The highest BCUT2D eigenvalue weighted by atomic mass is 16.5. The van der Waals surface area contributed by atoms with Crippen molar-refractivity contribution in [2.75, 3.05) is 20.1 Å². The fraction of sp³-hybridized carbons (Fsp3) is 0.141. The Hall–Kier alpha value is -12.5. The number of carbonyl (C=O) groups excluding carboxylic acids is 3. The summed E-state index contributed by atoms with van der Waals surface area (Å²) >= 11 is 0. The fourth-order valence-corrected chi connectivity index (χ4v) is 10.8. The molecular weight excluding hydrogens is 1140 g/mol. The van der Waals surface area contributed by atoms with Crippen molar-refractivity contribution >= 4 is 17.7 Å². The van der Waals surface area contributed by atoms with Gasteiger partial charge in [-0.1, -0.05) is 88.3 Å². The molecule has 6 aromatic carbocycles. The van der Waals surface area contributed by atoms with Gasteiger partial charge in [-0.05, 0) is 129 Å². The summed E-state index contributed by atoms with van der Waals surface area (Å²) in [5, 5.41) is 33.1. The molecule has 0 aliphatic carbocycles. The van der Waals surface area contributed by atoms with Crippen molar-refractivity contribution in [3.8, 4) is 75.1 Å². The number of amides is 3. The molecule has 1 aliphatic heterocycles. The van der Waals surface area contributed by atoms with Gasteiger partial charge in [0.05, 0.1) is 70.6 Å². The van der Waals surface area contributed by atoms with Gasteiger partial charge < -0.3 is 28.7 Å². The molecule has 3 amide bonds. The van der Waals surface area contributed by atoms with E-state index in [1.54, 1.807) is 83.5 Å². The van der Waals surface area contributed by atoms with Crippen molar-refractivity contribution in [3.63, 3.8) is 0 Å². The number of hydrogen-bond donors (Lipinski definition) is 1. The average molecular weight is 1200 g/mol. The number of aromatic nitrogens is 12. The largest absolute Gasteiger partial charge is 0.361 e. The van der Waals surface area contributed by atoms with Crippen LogP contribution in [0.1, 0.15) is 106 Å². The summed E-state index contributed by atoms with van der Waals surface area (Å²) in [6.07, 6.45) is 9.48. The van der Waals surface area contributed by atoms with E-state index in [9.17, 15) is 14.4 Å². The third kappa shape index (κ3) is 12.7. The predicted octanol–water partition coefficient (Wildman–Crippen LogP) is 9.73. The summed E-state index contributed by atoms with van der Waals surface area (Å²) in [5.41, 5.74) is 11.4. The van der Waals surface area contributed by atoms with E-state index in [2.05, 4.69) is 71.4 Å². The molecule has 0 spiro atoms. The summed E-state index contributed by atoms with van der Waals surface area (Å²) in [6, 6.07) is 49.0. The molecule has 6 aromatic heterocycles. The first-order valence-electron chi connectivity index (χ1n) is 29.2. The Bertz CT molecular complexity index is 4880. The Morgan fingerprint density at radius 1 is 0.626 bits per heavy atom. The van der Waals surface area contributed by atoms with Gasteiger partial charge in [-0.2, -0.15) is 20.3 Å². The number of likely N-dealkylation sites (tertiary alicyclic amines) is 1. The van der Waals surface area contributed by atoms with Gasteiger partial charge in [0.15, 0.2) is 5.82 Å². The van der Waals surface area contributed by atoms with Crippen LogP contribution < -0.4 is 5.32 Å². The Labute approximate surface area is 522 Å². The summed E-state index contributed by atoms with van der Waals surface area (Å²) in [6.45, 7) is 4.99. The van der Waals surface area contributed by atoms with Crippen molar-refractivity contribution in [3.05, 3.63) is 268 Å². The minimum atomic E-state index is -0.362. The lowest BCUT2D eigenvalue weighted by Gasteiger charge is -2.17. The van der Waals surface area contributed by atoms with Crippen LogP contribution in [-0.4, -0.2) is 107 Å². The zero-order valence-electron chi connectivity index (χ0n) is 49.8. The minimum absolute atomic E-state index is 0.0381. The van der Waals surface area contributed by atoms with Crippen LogP contribution in [-0.2, 0) is 20.1 Å². The quantitative estimate of drug-likeness (QED) is 0.106. The highest BCUT2D eigenvalue weighted by Gasteiger charge is 2.31. The van der Waals surface area contributed by atoms with Crippen molar-refractivity contribution < 1.29 is 23.4 Å². The molecule has 7 heterocycles. The summed E-state index contributed by atoms with van der Waals surface area (Å²) < 4.78 is 17.7. The van der Waals surface area contributed by atoms with Gasteiger partial charge in [0, 0.05) is 96.1 Å². The maximum Gasteiger partial charge on any atom is 0.253 e. The van der Waals surface area contributed by atoms with Crippen LogP contribution in [0.5, 0.6) is 0 Å². The SMILES string of the molecule is Cc1noc(CNC(=O)c2ccc(-n3nccc3-c3ccc(C#Cc4cc(C(=O)N5CCC(c6nncn6C)C5)ccc4-n4cccn4)cc3)c(C#Cc3ccc(-c4ccnn4-c4ccc(C(=O)N(C)Cc5cc(C)on5)cc4C#Cc4ccccc4)cc3)c2)n1. The average Bonchev–Trinajstić information content (AvgIpc) is 2.36. The molecule has 20 nitrogen and oxygen atoms in total. The van der Waals surface area contributed by atoms with Crippen LogP contribution in [0.15, 0.2) is 198 Å². The molecule has 0 radical (unpaired) electrons. The van der Waals surface area contributed by atoms with Gasteiger partial charge in [-0.15, -0.1) is 10.2 Å². The molecule has 0 saturated carbocycles. The highest BCUT2D eigenvalue weighted by molar-refractivity contribution is 5.96. The molecule has 0 bridgehead atoms. The molecule has 1 atom stereocenters. The maximum atomic E-state index is 14.0. The number of benzene rings is 6. The predicted molar refractivity (Wildman–Crippen MR) is 337 cm³/mol. The molecule has 1 aliphatic rings. The van der Waals surface area contributed by atoms with E-state index >= 15 is 0 Å². The number of rotatable bonds is 13. The third-order valence-corrected chi connectivity index (χ3v) is 15.4. The molecule has 91 heavy (non-hydrogen) atoms. The number of nitrogens with zero attached hydrogens (tertiary/aromatic N) is 14. The molecule has 1 saturated heterocycles. The summed E-state index contributed by atoms with van der Waals surface area (Å²) in [7, 11) is 3.64. The number of carbonyl (C=O) groups is 3. The van der Waals surface area contributed by atoms with E-state index in [-0.39, 0.29) is 42.6 Å². The molecular formula is C71H55N15O5. The van der Waals surface area contributed by atoms with Crippen molar-refractivity contribution in [2.45, 2.75) is 39.3 Å². The van der Waals surface area contributed by atoms with Crippen LogP contribution >= 0.6 is 0 Å². The second-order valence-corrected chi connectivity index (χ2v) is 21.7. The first-order chi connectivity index (χ1) is 44.4. The second-order valence-electron chi connectivity index (χ2n) is 21.7. The monoisotopic (exact) mass is 1200 g/mol. The first kappa shape index (κ1) is 57.6. The van der Waals surface area contributed by atoms with Crippen molar-refractivity contribution in [2.24, 2.45) is 7.05 Å². The molecule has 1 fully saturated rings. The van der Waals surface area contributed by atoms with Crippen LogP contribution in [0.3, 0.4) is 0 Å². The van der Waals surface area contributed by atoms with Crippen LogP contribution in [0, 0.1) is 49.4 Å². The fourth-order valence-electron chi connectivity index (χ4n) is 10.8. The first-order valence-corrected chi connectivity index (χ1v) is 29.2. The molecule has 444 valence electrons. The molecule has 13 rings (SSSR count). The highest BCUT2D eigenvalue weighted by Crippen LogP contribution is 2.30. The summed E-state index contributed by atoms with van der Waals surface area (Å²) in [4.78, 5) is 49.2. The normalized spacial score (nSPS) is 12.5. The van der Waals surface area contributed by atoms with E-state index in [0.29, 0.717) is 80.7 Å². The van der Waals surface area contributed by atoms with Gasteiger partial charge >= 0.3 is 0 Å². The summed E-state index contributed by atoms with van der Waals surface area (Å²) in [5.74, 6) is 21.7. The molecule has 1 unspecified atom stereocenters. The van der Waals surface area contributed by atoms with E-state index in [0.717, 1.165) is 51.6 Å². The number of hydrogen-bond acceptors (Lipinski definition) is 13. The van der Waals surface area contributed by atoms with Gasteiger partial charge in [-0.25, -0.2) is 14.0 Å². The Balaban J connectivity index is 0.776. The Morgan fingerprint density at radius 3 is 1.82 bits per heavy atom. The topological polar surface area (TPSA) is 219 Å². The Kier molecular flexibility index (Phi) is 16.1. The molecule has 1 N–H and O–H groups in total. The molecule has 20 heteroatoms. The van der Waals surface area contributed by atoms with Gasteiger partial charge in [0.2, 0.25) is 5.89 Å². The van der Waals surface area contributed by atoms with Gasteiger partial charge in [0.25, 0.3) is 17.7 Å². The lowest BCUT2D eigenvalue weighted by molar-refractivity contribution is 0.0778. The van der Waals surface area contributed by atoms with E-state index in [1.165, 1.54) is 0 Å². The van der Waals surface area contributed by atoms with E-state index < -0.39 is 0 Å². The smallest absolute Gasteiger partial charge is 0.253 e. The lowest BCUT2D eigenvalue weighted by Crippen LogP contribution is -2.28. The standard InChI is InChI=1S/C71H55N15O5/c1-47-39-61(80-90-47)45-81(3)70(88)58-27-30-64(56(42-58)23-15-49-9-6-5-7-10-49)86-66(32-36-76-86)53-20-13-51(14-21-53)17-24-55-40-57(69(87)72-43-67-77-48(2)79-91-67)25-29-63(55)85-65(31-35-75-85)52-18-11-50(12-19-52)16-22-54-41-59(26-28-62(54)84-37-8-34-74-84)71(89)83-38-33-60(44-83)68-78-73-46-82(68)4/h5-14,18-21,25-32,34-37,39-42,46,60H,33,38,43-45H2,1-4H3,(H,72,87).